The largest absolute Gasteiger partial charge is 0.370 e. The number of benzene rings is 1. The number of hydrogen-bond donors (Lipinski definition) is 1. The molecule has 1 aromatic carbocycles. The molecule has 1 N–H and O–H groups in total. The van der Waals surface area contributed by atoms with E-state index in [4.69, 9.17) is 4.74 Å². The lowest BCUT2D eigenvalue weighted by Crippen LogP contribution is -2.61. The van der Waals surface area contributed by atoms with Crippen molar-refractivity contribution in [3.8, 4) is 0 Å². The van der Waals surface area contributed by atoms with E-state index in [1.165, 1.54) is 6.07 Å². The fourth-order valence-electron chi connectivity index (χ4n) is 4.49. The summed E-state index contributed by atoms with van der Waals surface area (Å²) in [6.07, 6.45) is 3.54. The van der Waals surface area contributed by atoms with Gasteiger partial charge in [0.25, 0.3) is 0 Å². The number of hydrogen-bond acceptors (Lipinski definition) is 2. The highest BCUT2D eigenvalue weighted by Gasteiger charge is 2.49. The second-order valence-corrected chi connectivity index (χ2v) is 8.47. The number of amides is 1. The van der Waals surface area contributed by atoms with Crippen LogP contribution >= 0.6 is 0 Å². The summed E-state index contributed by atoms with van der Waals surface area (Å²) >= 11 is 0. The first-order valence-corrected chi connectivity index (χ1v) is 9.52. The molecule has 3 nitrogen and oxygen atoms in total. The number of rotatable bonds is 3. The fourth-order valence-corrected chi connectivity index (χ4v) is 4.49. The van der Waals surface area contributed by atoms with Gasteiger partial charge >= 0.3 is 0 Å². The molecule has 0 spiro atoms. The van der Waals surface area contributed by atoms with E-state index in [-0.39, 0.29) is 41.3 Å². The molecule has 0 aromatic heterocycles. The van der Waals surface area contributed by atoms with Crippen molar-refractivity contribution in [2.24, 2.45) is 17.8 Å². The summed E-state index contributed by atoms with van der Waals surface area (Å²) in [4.78, 5) is 12.4. The lowest BCUT2D eigenvalue weighted by molar-refractivity contribution is -0.155. The van der Waals surface area contributed by atoms with E-state index < -0.39 is 0 Å². The van der Waals surface area contributed by atoms with Crippen molar-refractivity contribution in [3.05, 3.63) is 35.6 Å². The molecule has 1 amide bonds. The van der Waals surface area contributed by atoms with Gasteiger partial charge in [0, 0.05) is 29.4 Å². The second kappa shape index (κ2) is 7.06. The second-order valence-electron chi connectivity index (χ2n) is 8.47. The Balaban J connectivity index is 1.91. The van der Waals surface area contributed by atoms with Gasteiger partial charge in [-0.1, -0.05) is 45.4 Å². The molecule has 1 aliphatic heterocycles. The van der Waals surface area contributed by atoms with Crippen molar-refractivity contribution in [3.63, 3.8) is 0 Å². The molecule has 4 heteroatoms. The van der Waals surface area contributed by atoms with Gasteiger partial charge in [-0.2, -0.15) is 0 Å². The Hall–Kier alpha value is -1.42. The normalized spacial score (nSPS) is 35.3. The van der Waals surface area contributed by atoms with Gasteiger partial charge in [0.05, 0.1) is 12.2 Å². The SMILES string of the molecule is CC(C)C(=O)N[C@]1(C)C[C@H](c2ccccc2F)O[C@@H]2C[C@H](C)CC[C@H]21. The first kappa shape index (κ1) is 18.4. The van der Waals surface area contributed by atoms with Gasteiger partial charge in [0.2, 0.25) is 5.91 Å². The van der Waals surface area contributed by atoms with Crippen molar-refractivity contribution in [1.82, 2.24) is 5.32 Å². The maximum Gasteiger partial charge on any atom is 0.222 e. The zero-order valence-corrected chi connectivity index (χ0v) is 15.7. The predicted octanol–water partition coefficient (Wildman–Crippen LogP) is 4.62. The molecule has 2 fully saturated rings. The Kier molecular flexibility index (Phi) is 5.19. The molecule has 1 saturated heterocycles. The van der Waals surface area contributed by atoms with E-state index in [1.54, 1.807) is 12.1 Å². The minimum Gasteiger partial charge on any atom is -0.370 e. The summed E-state index contributed by atoms with van der Waals surface area (Å²) in [6.45, 7) is 8.19. The van der Waals surface area contributed by atoms with Gasteiger partial charge in [0.15, 0.2) is 0 Å². The fraction of sp³-hybridized carbons (Fsp3) is 0.667. The Morgan fingerprint density at radius 1 is 1.32 bits per heavy atom. The van der Waals surface area contributed by atoms with Crippen LogP contribution in [0.5, 0.6) is 0 Å². The molecule has 2 aliphatic rings. The topological polar surface area (TPSA) is 38.3 Å². The van der Waals surface area contributed by atoms with Gasteiger partial charge in [0.1, 0.15) is 5.82 Å². The first-order valence-electron chi connectivity index (χ1n) is 9.52. The molecule has 0 bridgehead atoms. The highest BCUT2D eigenvalue weighted by molar-refractivity contribution is 5.78. The van der Waals surface area contributed by atoms with Gasteiger partial charge in [-0.15, -0.1) is 0 Å². The average Bonchev–Trinajstić information content (AvgIpc) is 2.54. The van der Waals surface area contributed by atoms with Crippen LogP contribution < -0.4 is 5.32 Å². The number of nitrogens with one attached hydrogen (secondary N) is 1. The van der Waals surface area contributed by atoms with E-state index in [2.05, 4.69) is 19.2 Å². The Morgan fingerprint density at radius 2 is 2.04 bits per heavy atom. The average molecular weight is 347 g/mol. The van der Waals surface area contributed by atoms with Crippen molar-refractivity contribution >= 4 is 5.91 Å². The number of carbonyl (C=O) groups is 1. The quantitative estimate of drug-likeness (QED) is 0.866. The maximum atomic E-state index is 14.4. The Bertz CT molecular complexity index is 632. The van der Waals surface area contributed by atoms with Gasteiger partial charge in [-0.05, 0) is 31.7 Å². The molecule has 138 valence electrons. The van der Waals surface area contributed by atoms with E-state index in [1.807, 2.05) is 19.9 Å². The van der Waals surface area contributed by atoms with Crippen LogP contribution in [0.25, 0.3) is 0 Å². The summed E-state index contributed by atoms with van der Waals surface area (Å²) in [7, 11) is 0. The lowest BCUT2D eigenvalue weighted by Gasteiger charge is -2.52. The zero-order valence-electron chi connectivity index (χ0n) is 15.7. The summed E-state index contributed by atoms with van der Waals surface area (Å²) < 4.78 is 20.7. The molecular formula is C21H30FNO2. The van der Waals surface area contributed by atoms with Crippen LogP contribution in [0, 0.1) is 23.6 Å². The third kappa shape index (κ3) is 3.74. The molecule has 1 saturated carbocycles. The monoisotopic (exact) mass is 347 g/mol. The summed E-state index contributed by atoms with van der Waals surface area (Å²) in [5.41, 5.74) is 0.237. The van der Waals surface area contributed by atoms with E-state index in [0.717, 1.165) is 19.3 Å². The van der Waals surface area contributed by atoms with Gasteiger partial charge in [-0.25, -0.2) is 4.39 Å². The van der Waals surface area contributed by atoms with Crippen LogP contribution in [0.3, 0.4) is 0 Å². The van der Waals surface area contributed by atoms with Gasteiger partial charge < -0.3 is 10.1 Å². The highest BCUT2D eigenvalue weighted by atomic mass is 19.1. The molecule has 0 radical (unpaired) electrons. The number of fused-ring (bicyclic) bond motifs is 1. The third-order valence-corrected chi connectivity index (χ3v) is 6.01. The summed E-state index contributed by atoms with van der Waals surface area (Å²) in [5.74, 6) is 0.661. The van der Waals surface area contributed by atoms with Crippen LogP contribution in [-0.4, -0.2) is 17.6 Å². The standard InChI is InChI=1S/C21H30FNO2/c1-13(2)20(24)23-21(4)12-19(15-7-5-6-8-17(15)22)25-18-11-14(3)9-10-16(18)21/h5-8,13-14,16,18-19H,9-12H2,1-4H3,(H,23,24)/t14-,16-,18-,19-,21-/m1/s1. The lowest BCUT2D eigenvalue weighted by atomic mass is 9.66. The van der Waals surface area contributed by atoms with Crippen molar-refractivity contribution in [2.75, 3.05) is 0 Å². The number of halogens is 1. The first-order chi connectivity index (χ1) is 11.8. The minimum atomic E-state index is -0.364. The van der Waals surface area contributed by atoms with Crippen LogP contribution in [0.2, 0.25) is 0 Å². The molecule has 3 rings (SSSR count). The van der Waals surface area contributed by atoms with Crippen LogP contribution in [0.15, 0.2) is 24.3 Å². The van der Waals surface area contributed by atoms with Crippen molar-refractivity contribution in [2.45, 2.75) is 71.1 Å². The van der Waals surface area contributed by atoms with Crippen molar-refractivity contribution < 1.29 is 13.9 Å². The predicted molar refractivity (Wildman–Crippen MR) is 96.5 cm³/mol. The zero-order chi connectivity index (χ0) is 18.2. The van der Waals surface area contributed by atoms with Crippen LogP contribution in [0.1, 0.15) is 65.0 Å². The molecule has 25 heavy (non-hydrogen) atoms. The number of ether oxygens (including phenoxy) is 1. The van der Waals surface area contributed by atoms with E-state index in [9.17, 15) is 9.18 Å². The summed E-state index contributed by atoms with van der Waals surface area (Å²) in [5, 5.41) is 3.29. The maximum absolute atomic E-state index is 14.4. The molecule has 1 aliphatic carbocycles. The third-order valence-electron chi connectivity index (χ3n) is 6.01. The van der Waals surface area contributed by atoms with Gasteiger partial charge in [-0.3, -0.25) is 4.79 Å². The van der Waals surface area contributed by atoms with E-state index >= 15 is 0 Å². The molecular weight excluding hydrogens is 317 g/mol. The van der Waals surface area contributed by atoms with E-state index in [0.29, 0.717) is 17.9 Å². The molecule has 1 aromatic rings. The Labute approximate surface area is 150 Å². The highest BCUT2D eigenvalue weighted by Crippen LogP contribution is 2.48. The molecule has 1 heterocycles. The smallest absolute Gasteiger partial charge is 0.222 e. The number of carbonyl (C=O) groups excluding carboxylic acids is 1. The summed E-state index contributed by atoms with van der Waals surface area (Å²) in [6, 6.07) is 6.84. The van der Waals surface area contributed by atoms with Crippen LogP contribution in [-0.2, 0) is 9.53 Å². The Morgan fingerprint density at radius 3 is 2.72 bits per heavy atom. The molecule has 5 atom stereocenters. The van der Waals surface area contributed by atoms with Crippen molar-refractivity contribution in [1.29, 1.82) is 0 Å². The minimum absolute atomic E-state index is 0.0625. The molecule has 0 unspecified atom stereocenters. The van der Waals surface area contributed by atoms with Crippen LogP contribution in [0.4, 0.5) is 4.39 Å².